The van der Waals surface area contributed by atoms with E-state index in [-0.39, 0.29) is 0 Å². The average Bonchev–Trinajstić information content (AvgIpc) is 1.90. The molecule has 0 N–H and O–H groups in total. The highest BCUT2D eigenvalue weighted by molar-refractivity contribution is 4.88. The average molecular weight is 137 g/mol. The van der Waals surface area contributed by atoms with Crippen molar-refractivity contribution in [2.24, 2.45) is 11.8 Å². The maximum Gasteiger partial charge on any atom is -0.0322 e. The second kappa shape index (κ2) is 3.80. The summed E-state index contributed by atoms with van der Waals surface area (Å²) in [6.07, 6.45) is 9.72. The van der Waals surface area contributed by atoms with Gasteiger partial charge in [0.2, 0.25) is 0 Å². The van der Waals surface area contributed by atoms with Gasteiger partial charge in [0.15, 0.2) is 0 Å². The van der Waals surface area contributed by atoms with Crippen LogP contribution in [-0.2, 0) is 0 Å². The topological polar surface area (TPSA) is 0 Å². The zero-order valence-corrected chi connectivity index (χ0v) is 6.84. The van der Waals surface area contributed by atoms with Crippen LogP contribution in [0.4, 0.5) is 0 Å². The van der Waals surface area contributed by atoms with Crippen LogP contribution in [0.3, 0.4) is 0 Å². The number of rotatable bonds is 0. The summed E-state index contributed by atoms with van der Waals surface area (Å²) in [5.41, 5.74) is 0. The third kappa shape index (κ3) is 2.55. The molecule has 0 bridgehead atoms. The molecule has 2 atom stereocenters. The van der Waals surface area contributed by atoms with Gasteiger partial charge in [0.1, 0.15) is 0 Å². The van der Waals surface area contributed by atoms with Gasteiger partial charge >= 0.3 is 0 Å². The number of hydrogen-bond acceptors (Lipinski definition) is 0. The summed E-state index contributed by atoms with van der Waals surface area (Å²) in [6.45, 7) is 6.40. The van der Waals surface area contributed by atoms with Gasteiger partial charge in [0.25, 0.3) is 0 Å². The van der Waals surface area contributed by atoms with Crippen molar-refractivity contribution in [1.29, 1.82) is 0 Å². The monoisotopic (exact) mass is 137 g/mol. The molecule has 0 aromatic heterocycles. The van der Waals surface area contributed by atoms with Crippen LogP contribution >= 0.6 is 0 Å². The standard InChI is InChI=1S/C10H17/c1-9-5-3-4-6-10(2)8-7-9/h3-4,9-10H,1,5-8H2,2H3. The first kappa shape index (κ1) is 7.84. The Hall–Kier alpha value is -0.260. The minimum absolute atomic E-state index is 0.666. The van der Waals surface area contributed by atoms with E-state index < -0.39 is 0 Å². The van der Waals surface area contributed by atoms with Gasteiger partial charge < -0.3 is 0 Å². The van der Waals surface area contributed by atoms with Crippen LogP contribution in [-0.4, -0.2) is 0 Å². The third-order valence-corrected chi connectivity index (χ3v) is 2.24. The van der Waals surface area contributed by atoms with Crippen LogP contribution in [0.15, 0.2) is 12.2 Å². The first-order valence-electron chi connectivity index (χ1n) is 4.27. The summed E-state index contributed by atoms with van der Waals surface area (Å²) >= 11 is 0. The molecule has 0 saturated heterocycles. The van der Waals surface area contributed by atoms with E-state index in [4.69, 9.17) is 0 Å². The van der Waals surface area contributed by atoms with Crippen LogP contribution in [0.2, 0.25) is 0 Å². The minimum atomic E-state index is 0.666. The van der Waals surface area contributed by atoms with Gasteiger partial charge in [-0.25, -0.2) is 0 Å². The molecule has 0 amide bonds. The van der Waals surface area contributed by atoms with Crippen molar-refractivity contribution >= 4 is 0 Å². The van der Waals surface area contributed by atoms with Gasteiger partial charge in [0.05, 0.1) is 0 Å². The maximum absolute atomic E-state index is 4.08. The van der Waals surface area contributed by atoms with E-state index in [1.54, 1.807) is 0 Å². The fourth-order valence-corrected chi connectivity index (χ4v) is 1.37. The summed E-state index contributed by atoms with van der Waals surface area (Å²) in [5.74, 6) is 1.54. The van der Waals surface area contributed by atoms with Crippen molar-refractivity contribution < 1.29 is 0 Å². The maximum atomic E-state index is 4.08. The van der Waals surface area contributed by atoms with Crippen LogP contribution < -0.4 is 0 Å². The van der Waals surface area contributed by atoms with Crippen molar-refractivity contribution in [2.45, 2.75) is 32.6 Å². The summed E-state index contributed by atoms with van der Waals surface area (Å²) in [4.78, 5) is 0. The fraction of sp³-hybridized carbons (Fsp3) is 0.700. The van der Waals surface area contributed by atoms with Gasteiger partial charge in [-0.15, -0.1) is 0 Å². The normalized spacial score (nSPS) is 35.0. The molecule has 0 fully saturated rings. The molecule has 0 spiro atoms. The Bertz CT molecular complexity index is 99.2. The Morgan fingerprint density at radius 2 is 1.90 bits per heavy atom. The van der Waals surface area contributed by atoms with Crippen LogP contribution in [0, 0.1) is 18.8 Å². The van der Waals surface area contributed by atoms with Gasteiger partial charge in [0, 0.05) is 0 Å². The van der Waals surface area contributed by atoms with Gasteiger partial charge in [-0.1, -0.05) is 25.5 Å². The summed E-state index contributed by atoms with van der Waals surface area (Å²) in [5, 5.41) is 0. The lowest BCUT2D eigenvalue weighted by Gasteiger charge is -2.15. The number of hydrogen-bond donors (Lipinski definition) is 0. The second-order valence-electron chi connectivity index (χ2n) is 3.49. The zero-order chi connectivity index (χ0) is 7.40. The first-order chi connectivity index (χ1) is 4.79. The first-order valence-corrected chi connectivity index (χ1v) is 4.27. The molecule has 2 unspecified atom stereocenters. The molecule has 0 saturated carbocycles. The number of allylic oxidation sites excluding steroid dienone is 2. The Morgan fingerprint density at radius 3 is 2.70 bits per heavy atom. The van der Waals surface area contributed by atoms with E-state index in [1.807, 2.05) is 0 Å². The fourth-order valence-electron chi connectivity index (χ4n) is 1.37. The predicted octanol–water partition coefficient (Wildman–Crippen LogP) is 3.20. The molecule has 1 aliphatic carbocycles. The lowest BCUT2D eigenvalue weighted by atomic mass is 9.91. The molecule has 0 heterocycles. The zero-order valence-electron chi connectivity index (χ0n) is 6.84. The van der Waals surface area contributed by atoms with Crippen molar-refractivity contribution in [3.05, 3.63) is 19.1 Å². The van der Waals surface area contributed by atoms with Crippen LogP contribution in [0.25, 0.3) is 0 Å². The van der Waals surface area contributed by atoms with Crippen molar-refractivity contribution in [3.63, 3.8) is 0 Å². The molecule has 0 heteroatoms. The smallest absolute Gasteiger partial charge is 0.0322 e. The summed E-state index contributed by atoms with van der Waals surface area (Å²) < 4.78 is 0. The molecule has 1 rings (SSSR count). The lowest BCUT2D eigenvalue weighted by Crippen LogP contribution is -2.01. The Labute approximate surface area is 64.3 Å². The molecular formula is C10H17. The molecule has 0 aliphatic heterocycles. The highest BCUT2D eigenvalue weighted by Crippen LogP contribution is 2.20. The van der Waals surface area contributed by atoms with Crippen LogP contribution in [0.1, 0.15) is 32.6 Å². The lowest BCUT2D eigenvalue weighted by molar-refractivity contribution is 0.447. The van der Waals surface area contributed by atoms with Crippen molar-refractivity contribution in [2.75, 3.05) is 0 Å². The quantitative estimate of drug-likeness (QED) is 0.450. The Kier molecular flexibility index (Phi) is 2.98. The molecule has 10 heavy (non-hydrogen) atoms. The molecule has 57 valence electrons. The van der Waals surface area contributed by atoms with E-state index in [1.165, 1.54) is 25.7 Å². The van der Waals surface area contributed by atoms with Crippen molar-refractivity contribution in [3.8, 4) is 0 Å². The van der Waals surface area contributed by atoms with E-state index in [0.717, 1.165) is 5.92 Å². The molecule has 1 radical (unpaired) electrons. The van der Waals surface area contributed by atoms with Gasteiger partial charge in [-0.05, 0) is 38.0 Å². The third-order valence-electron chi connectivity index (χ3n) is 2.24. The molecule has 0 aromatic carbocycles. The summed E-state index contributed by atoms with van der Waals surface area (Å²) in [6, 6.07) is 0. The molecule has 0 aromatic rings. The molecular weight excluding hydrogens is 120 g/mol. The van der Waals surface area contributed by atoms with Gasteiger partial charge in [-0.2, -0.15) is 0 Å². The minimum Gasteiger partial charge on any atom is -0.0883 e. The van der Waals surface area contributed by atoms with E-state index in [9.17, 15) is 0 Å². The highest BCUT2D eigenvalue weighted by atomic mass is 14.1. The second-order valence-corrected chi connectivity index (χ2v) is 3.49. The Morgan fingerprint density at radius 1 is 1.20 bits per heavy atom. The summed E-state index contributed by atoms with van der Waals surface area (Å²) in [7, 11) is 0. The van der Waals surface area contributed by atoms with E-state index >= 15 is 0 Å². The van der Waals surface area contributed by atoms with E-state index in [0.29, 0.717) is 5.92 Å². The SMILES string of the molecule is [CH2]C1CC=CCC(C)CC1. The molecule has 1 aliphatic rings. The van der Waals surface area contributed by atoms with Crippen LogP contribution in [0.5, 0.6) is 0 Å². The van der Waals surface area contributed by atoms with Gasteiger partial charge in [-0.3, -0.25) is 0 Å². The molecule has 0 nitrogen and oxygen atoms in total. The van der Waals surface area contributed by atoms with Crippen molar-refractivity contribution in [1.82, 2.24) is 0 Å². The largest absolute Gasteiger partial charge is 0.0883 e. The van der Waals surface area contributed by atoms with E-state index in [2.05, 4.69) is 26.0 Å². The predicted molar refractivity (Wildman–Crippen MR) is 45.6 cm³/mol. The Balaban J connectivity index is 2.37. The highest BCUT2D eigenvalue weighted by Gasteiger charge is 2.06.